The van der Waals surface area contributed by atoms with Crippen LogP contribution in [0.2, 0.25) is 0 Å². The summed E-state index contributed by atoms with van der Waals surface area (Å²) < 4.78 is 20.8. The van der Waals surface area contributed by atoms with Crippen LogP contribution in [0.4, 0.5) is 4.39 Å². The molecule has 2 aliphatic heterocycles. The number of fused-ring (bicyclic) bond motifs is 1. The van der Waals surface area contributed by atoms with E-state index < -0.39 is 12.2 Å². The lowest BCUT2D eigenvalue weighted by molar-refractivity contribution is -0.134. The third-order valence-electron chi connectivity index (χ3n) is 7.04. The summed E-state index contributed by atoms with van der Waals surface area (Å²) in [6, 6.07) is 18.1. The molecule has 6 nitrogen and oxygen atoms in total. The molecule has 3 heterocycles. The van der Waals surface area contributed by atoms with E-state index in [-0.39, 0.29) is 24.2 Å². The maximum Gasteiger partial charge on any atom is 0.236 e. The van der Waals surface area contributed by atoms with Gasteiger partial charge >= 0.3 is 0 Å². The lowest BCUT2D eigenvalue weighted by Crippen LogP contribution is -2.45. The Morgan fingerprint density at radius 1 is 1.09 bits per heavy atom. The number of carbonyl (C=O) groups is 1. The molecule has 0 radical (unpaired) electrons. The van der Waals surface area contributed by atoms with Crippen LogP contribution in [-0.4, -0.2) is 52.0 Å². The van der Waals surface area contributed by atoms with Crippen molar-refractivity contribution < 1.29 is 19.0 Å². The molecule has 2 aliphatic rings. The van der Waals surface area contributed by atoms with Crippen molar-refractivity contribution in [3.05, 3.63) is 95.6 Å². The van der Waals surface area contributed by atoms with Crippen molar-refractivity contribution in [2.24, 2.45) is 5.92 Å². The van der Waals surface area contributed by atoms with Crippen molar-refractivity contribution in [1.29, 1.82) is 0 Å². The SMILES string of the molecule is O=C(CN1Cc2ccccc2O[C@H](c2ccccc2F)C1)N1CCC([C@H](O)c2cccnc2)CC1. The number of para-hydroxylation sites is 1. The highest BCUT2D eigenvalue weighted by Crippen LogP contribution is 2.33. The van der Waals surface area contributed by atoms with Gasteiger partial charge in [0.1, 0.15) is 17.7 Å². The normalized spacial score (nSPS) is 19.9. The average molecular weight is 476 g/mol. The van der Waals surface area contributed by atoms with Crippen molar-refractivity contribution >= 4 is 5.91 Å². The highest BCUT2D eigenvalue weighted by atomic mass is 19.1. The van der Waals surface area contributed by atoms with E-state index in [9.17, 15) is 14.3 Å². The second-order valence-electron chi connectivity index (χ2n) is 9.35. The van der Waals surface area contributed by atoms with Crippen LogP contribution in [0.5, 0.6) is 5.75 Å². The van der Waals surface area contributed by atoms with Gasteiger partial charge in [-0.05, 0) is 42.5 Å². The van der Waals surface area contributed by atoms with E-state index >= 15 is 0 Å². The number of nitrogens with zero attached hydrogens (tertiary/aromatic N) is 3. The number of piperidine rings is 1. The highest BCUT2D eigenvalue weighted by molar-refractivity contribution is 5.78. The molecule has 1 aromatic heterocycles. The number of amides is 1. The number of aliphatic hydroxyl groups excluding tert-OH is 1. The van der Waals surface area contributed by atoms with Crippen LogP contribution in [0.1, 0.15) is 41.7 Å². The fraction of sp³-hybridized carbons (Fsp3) is 0.357. The number of likely N-dealkylation sites (tertiary alicyclic amines) is 1. The Balaban J connectivity index is 1.25. The number of aliphatic hydroxyl groups is 1. The first-order valence-electron chi connectivity index (χ1n) is 12.2. The number of rotatable bonds is 5. The molecule has 3 aromatic rings. The highest BCUT2D eigenvalue weighted by Gasteiger charge is 2.31. The molecule has 0 spiro atoms. The summed E-state index contributed by atoms with van der Waals surface area (Å²) in [6.07, 6.45) is 3.81. The van der Waals surface area contributed by atoms with Crippen molar-refractivity contribution in [3.63, 3.8) is 0 Å². The number of hydrogen-bond donors (Lipinski definition) is 1. The molecule has 35 heavy (non-hydrogen) atoms. The Hall–Kier alpha value is -3.29. The van der Waals surface area contributed by atoms with Crippen LogP contribution in [0.15, 0.2) is 73.1 Å². The molecule has 182 valence electrons. The minimum Gasteiger partial charge on any atom is -0.484 e. The standard InChI is InChI=1S/C28H30FN3O3/c29-24-9-3-2-8-23(24)26-18-31(17-22-6-1-4-10-25(22)35-26)19-27(33)32-14-11-20(12-15-32)28(34)21-7-5-13-30-16-21/h1-10,13,16,20,26,28,34H,11-12,14-15,17-19H2/t26-,28-/m0/s1. The Labute approximate surface area is 205 Å². The minimum atomic E-state index is -0.568. The molecule has 2 atom stereocenters. The maximum atomic E-state index is 14.6. The second kappa shape index (κ2) is 10.5. The Kier molecular flexibility index (Phi) is 7.06. The van der Waals surface area contributed by atoms with Crippen LogP contribution >= 0.6 is 0 Å². The molecule has 0 saturated carbocycles. The van der Waals surface area contributed by atoms with Crippen molar-refractivity contribution in [2.75, 3.05) is 26.2 Å². The zero-order chi connectivity index (χ0) is 24.2. The topological polar surface area (TPSA) is 65.9 Å². The number of carbonyl (C=O) groups excluding carboxylic acids is 1. The monoisotopic (exact) mass is 475 g/mol. The van der Waals surface area contributed by atoms with Crippen LogP contribution < -0.4 is 4.74 Å². The van der Waals surface area contributed by atoms with Gasteiger partial charge in [0, 0.05) is 49.7 Å². The number of ether oxygens (including phenoxy) is 1. The summed E-state index contributed by atoms with van der Waals surface area (Å²) >= 11 is 0. The van der Waals surface area contributed by atoms with Crippen LogP contribution in [0.25, 0.3) is 0 Å². The fourth-order valence-corrected chi connectivity index (χ4v) is 5.08. The van der Waals surface area contributed by atoms with Gasteiger partial charge in [-0.2, -0.15) is 0 Å². The first-order valence-corrected chi connectivity index (χ1v) is 12.2. The molecule has 0 bridgehead atoms. The summed E-state index contributed by atoms with van der Waals surface area (Å²) in [7, 11) is 0. The summed E-state index contributed by atoms with van der Waals surface area (Å²) in [6.45, 7) is 2.43. The summed E-state index contributed by atoms with van der Waals surface area (Å²) in [5.41, 5.74) is 2.30. The third kappa shape index (κ3) is 5.36. The van der Waals surface area contributed by atoms with Crippen molar-refractivity contribution in [3.8, 4) is 5.75 Å². The molecule has 0 aliphatic carbocycles. The van der Waals surface area contributed by atoms with Gasteiger partial charge in [0.05, 0.1) is 12.6 Å². The molecule has 5 rings (SSSR count). The Bertz CT molecular complexity index is 1150. The predicted molar refractivity (Wildman–Crippen MR) is 130 cm³/mol. The zero-order valence-electron chi connectivity index (χ0n) is 19.6. The number of aromatic nitrogens is 1. The molecule has 1 fully saturated rings. The number of benzene rings is 2. The molecular formula is C28H30FN3O3. The van der Waals surface area contributed by atoms with Crippen LogP contribution in [-0.2, 0) is 11.3 Å². The zero-order valence-corrected chi connectivity index (χ0v) is 19.6. The molecule has 0 unspecified atom stereocenters. The molecule has 7 heteroatoms. The third-order valence-corrected chi connectivity index (χ3v) is 7.04. The van der Waals surface area contributed by atoms with E-state index in [1.54, 1.807) is 30.6 Å². The van der Waals surface area contributed by atoms with Gasteiger partial charge in [-0.25, -0.2) is 4.39 Å². The minimum absolute atomic E-state index is 0.0472. The summed E-state index contributed by atoms with van der Waals surface area (Å²) in [5, 5.41) is 10.7. The fourth-order valence-electron chi connectivity index (χ4n) is 5.08. The van der Waals surface area contributed by atoms with Crippen LogP contribution in [0.3, 0.4) is 0 Å². The molecule has 1 saturated heterocycles. The summed E-state index contributed by atoms with van der Waals surface area (Å²) in [4.78, 5) is 21.3. The lowest BCUT2D eigenvalue weighted by atomic mass is 9.88. The summed E-state index contributed by atoms with van der Waals surface area (Å²) in [5.74, 6) is 0.566. The molecular weight excluding hydrogens is 445 g/mol. The van der Waals surface area contributed by atoms with E-state index in [1.165, 1.54) is 6.07 Å². The molecule has 1 N–H and O–H groups in total. The van der Waals surface area contributed by atoms with Gasteiger partial charge < -0.3 is 14.7 Å². The smallest absolute Gasteiger partial charge is 0.236 e. The van der Waals surface area contributed by atoms with Gasteiger partial charge in [-0.3, -0.25) is 14.7 Å². The number of halogens is 1. The predicted octanol–water partition coefficient (Wildman–Crippen LogP) is 4.13. The van der Waals surface area contributed by atoms with E-state index in [0.717, 1.165) is 29.7 Å². The Morgan fingerprint density at radius 2 is 1.86 bits per heavy atom. The molecule has 1 amide bonds. The van der Waals surface area contributed by atoms with Gasteiger partial charge in [0.25, 0.3) is 0 Å². The van der Waals surface area contributed by atoms with E-state index in [2.05, 4.69) is 4.98 Å². The quantitative estimate of drug-likeness (QED) is 0.601. The van der Waals surface area contributed by atoms with Gasteiger partial charge in [-0.1, -0.05) is 42.5 Å². The van der Waals surface area contributed by atoms with Gasteiger partial charge in [-0.15, -0.1) is 0 Å². The Morgan fingerprint density at radius 3 is 2.63 bits per heavy atom. The van der Waals surface area contributed by atoms with E-state index in [1.807, 2.05) is 46.2 Å². The van der Waals surface area contributed by atoms with Crippen molar-refractivity contribution in [1.82, 2.24) is 14.8 Å². The number of hydrogen-bond acceptors (Lipinski definition) is 5. The first-order chi connectivity index (χ1) is 17.1. The largest absolute Gasteiger partial charge is 0.484 e. The first kappa shape index (κ1) is 23.5. The average Bonchev–Trinajstić information content (AvgIpc) is 3.08. The molecule has 2 aromatic carbocycles. The number of pyridine rings is 1. The lowest BCUT2D eigenvalue weighted by Gasteiger charge is -2.35. The van der Waals surface area contributed by atoms with Crippen LogP contribution in [0, 0.1) is 11.7 Å². The van der Waals surface area contributed by atoms with E-state index in [0.29, 0.717) is 31.7 Å². The second-order valence-corrected chi connectivity index (χ2v) is 9.35. The van der Waals surface area contributed by atoms with E-state index in [4.69, 9.17) is 4.74 Å². The maximum absolute atomic E-state index is 14.6. The van der Waals surface area contributed by atoms with Crippen molar-refractivity contribution in [2.45, 2.75) is 31.6 Å². The van der Waals surface area contributed by atoms with Gasteiger partial charge in [0.2, 0.25) is 5.91 Å². The van der Waals surface area contributed by atoms with Gasteiger partial charge in [0.15, 0.2) is 0 Å².